The van der Waals surface area contributed by atoms with Crippen molar-refractivity contribution < 1.29 is 9.53 Å². The molecule has 2 atom stereocenters. The van der Waals surface area contributed by atoms with Crippen LogP contribution in [0.2, 0.25) is 0 Å². The molecule has 0 aromatic rings. The highest BCUT2D eigenvalue weighted by Gasteiger charge is 2.23. The normalized spacial score (nSPS) is 24.9. The first-order valence-electron chi connectivity index (χ1n) is 5.78. The van der Waals surface area contributed by atoms with Crippen LogP contribution in [0.4, 0.5) is 0 Å². The van der Waals surface area contributed by atoms with Gasteiger partial charge in [0.15, 0.2) is 0 Å². The van der Waals surface area contributed by atoms with E-state index in [-0.39, 0.29) is 18.1 Å². The molecule has 1 fully saturated rings. The van der Waals surface area contributed by atoms with E-state index in [1.165, 1.54) is 0 Å². The zero-order valence-electron chi connectivity index (χ0n) is 9.74. The van der Waals surface area contributed by atoms with Crippen LogP contribution < -0.4 is 5.73 Å². The Hall–Kier alpha value is -0.610. The molecule has 0 aliphatic carbocycles. The zero-order chi connectivity index (χ0) is 11.3. The molecular weight excluding hydrogens is 192 g/mol. The summed E-state index contributed by atoms with van der Waals surface area (Å²) in [4.78, 5) is 13.6. The minimum Gasteiger partial charge on any atom is -0.466 e. The Morgan fingerprint density at radius 2 is 2.40 bits per heavy atom. The van der Waals surface area contributed by atoms with Gasteiger partial charge in [0.05, 0.1) is 13.0 Å². The SMILES string of the molecule is CCOC(=O)CC(C)N1CCC[C@@H](N)C1. The highest BCUT2D eigenvalue weighted by atomic mass is 16.5. The number of nitrogens with two attached hydrogens (primary N) is 1. The summed E-state index contributed by atoms with van der Waals surface area (Å²) in [5.74, 6) is -0.107. The van der Waals surface area contributed by atoms with Crippen LogP contribution in [0, 0.1) is 0 Å². The van der Waals surface area contributed by atoms with Gasteiger partial charge in [0.2, 0.25) is 0 Å². The molecule has 0 saturated carbocycles. The molecule has 15 heavy (non-hydrogen) atoms. The largest absolute Gasteiger partial charge is 0.466 e. The highest BCUT2D eigenvalue weighted by molar-refractivity contribution is 5.70. The van der Waals surface area contributed by atoms with Crippen molar-refractivity contribution in [1.82, 2.24) is 4.90 Å². The van der Waals surface area contributed by atoms with Crippen LogP contribution in [0.15, 0.2) is 0 Å². The molecule has 1 unspecified atom stereocenters. The number of hydrogen-bond donors (Lipinski definition) is 1. The zero-order valence-corrected chi connectivity index (χ0v) is 9.74. The quantitative estimate of drug-likeness (QED) is 0.702. The number of carbonyl (C=O) groups is 1. The van der Waals surface area contributed by atoms with Crippen LogP contribution in [0.25, 0.3) is 0 Å². The number of esters is 1. The highest BCUT2D eigenvalue weighted by Crippen LogP contribution is 2.13. The van der Waals surface area contributed by atoms with Crippen LogP contribution in [-0.2, 0) is 9.53 Å². The smallest absolute Gasteiger partial charge is 0.307 e. The topological polar surface area (TPSA) is 55.6 Å². The van der Waals surface area contributed by atoms with Crippen LogP contribution in [-0.4, -0.2) is 42.6 Å². The van der Waals surface area contributed by atoms with E-state index < -0.39 is 0 Å². The molecule has 2 N–H and O–H groups in total. The third-order valence-corrected chi connectivity index (χ3v) is 2.88. The minimum absolute atomic E-state index is 0.107. The van der Waals surface area contributed by atoms with Crippen molar-refractivity contribution in [3.05, 3.63) is 0 Å². The molecule has 1 aliphatic heterocycles. The molecule has 0 radical (unpaired) electrons. The fourth-order valence-electron chi connectivity index (χ4n) is 2.03. The van der Waals surface area contributed by atoms with Crippen molar-refractivity contribution in [1.29, 1.82) is 0 Å². The first-order chi connectivity index (χ1) is 7.13. The molecule has 4 nitrogen and oxygen atoms in total. The molecule has 1 aliphatic rings. The van der Waals surface area contributed by atoms with E-state index >= 15 is 0 Å². The molecule has 1 rings (SSSR count). The lowest BCUT2D eigenvalue weighted by molar-refractivity contribution is -0.144. The van der Waals surface area contributed by atoms with E-state index in [4.69, 9.17) is 10.5 Å². The Morgan fingerprint density at radius 1 is 1.67 bits per heavy atom. The van der Waals surface area contributed by atoms with Crippen molar-refractivity contribution in [2.75, 3.05) is 19.7 Å². The van der Waals surface area contributed by atoms with E-state index in [1.807, 2.05) is 6.92 Å². The monoisotopic (exact) mass is 214 g/mol. The number of piperidine rings is 1. The van der Waals surface area contributed by atoms with E-state index in [2.05, 4.69) is 11.8 Å². The third-order valence-electron chi connectivity index (χ3n) is 2.88. The lowest BCUT2D eigenvalue weighted by Gasteiger charge is -2.34. The summed E-state index contributed by atoms with van der Waals surface area (Å²) in [6.07, 6.45) is 2.71. The van der Waals surface area contributed by atoms with Gasteiger partial charge in [0, 0.05) is 18.6 Å². The summed E-state index contributed by atoms with van der Waals surface area (Å²) < 4.78 is 4.93. The summed E-state index contributed by atoms with van der Waals surface area (Å²) in [5.41, 5.74) is 5.89. The van der Waals surface area contributed by atoms with Crippen molar-refractivity contribution in [2.24, 2.45) is 5.73 Å². The second-order valence-corrected chi connectivity index (χ2v) is 4.26. The van der Waals surface area contributed by atoms with Gasteiger partial charge in [-0.05, 0) is 33.2 Å². The average Bonchev–Trinajstić information content (AvgIpc) is 2.18. The molecule has 0 spiro atoms. The van der Waals surface area contributed by atoms with Gasteiger partial charge in [-0.3, -0.25) is 9.69 Å². The van der Waals surface area contributed by atoms with Gasteiger partial charge in [-0.15, -0.1) is 0 Å². The standard InChI is InChI=1S/C11H22N2O2/c1-3-15-11(14)7-9(2)13-6-4-5-10(12)8-13/h9-10H,3-8,12H2,1-2H3/t9?,10-/m1/s1. The maximum atomic E-state index is 11.3. The van der Waals surface area contributed by atoms with Crippen molar-refractivity contribution in [2.45, 2.75) is 45.2 Å². The molecular formula is C11H22N2O2. The Labute approximate surface area is 91.8 Å². The van der Waals surface area contributed by atoms with Crippen molar-refractivity contribution >= 4 is 5.97 Å². The maximum absolute atomic E-state index is 11.3. The average molecular weight is 214 g/mol. The van der Waals surface area contributed by atoms with Gasteiger partial charge in [0.25, 0.3) is 0 Å². The summed E-state index contributed by atoms with van der Waals surface area (Å²) in [7, 11) is 0. The Morgan fingerprint density at radius 3 is 3.00 bits per heavy atom. The minimum atomic E-state index is -0.107. The first kappa shape index (κ1) is 12.5. The predicted molar refractivity (Wildman–Crippen MR) is 59.5 cm³/mol. The van der Waals surface area contributed by atoms with E-state index in [9.17, 15) is 4.79 Å². The number of likely N-dealkylation sites (tertiary alicyclic amines) is 1. The van der Waals surface area contributed by atoms with Crippen LogP contribution in [0.3, 0.4) is 0 Å². The summed E-state index contributed by atoms with van der Waals surface area (Å²) in [5, 5.41) is 0. The van der Waals surface area contributed by atoms with Crippen LogP contribution >= 0.6 is 0 Å². The van der Waals surface area contributed by atoms with Crippen molar-refractivity contribution in [3.63, 3.8) is 0 Å². The number of hydrogen-bond acceptors (Lipinski definition) is 4. The van der Waals surface area contributed by atoms with Gasteiger partial charge >= 0.3 is 5.97 Å². The van der Waals surface area contributed by atoms with Gasteiger partial charge < -0.3 is 10.5 Å². The second-order valence-electron chi connectivity index (χ2n) is 4.26. The lowest BCUT2D eigenvalue weighted by Crippen LogP contribution is -2.47. The van der Waals surface area contributed by atoms with E-state index in [1.54, 1.807) is 0 Å². The number of ether oxygens (including phenoxy) is 1. The Balaban J connectivity index is 2.32. The van der Waals surface area contributed by atoms with Crippen molar-refractivity contribution in [3.8, 4) is 0 Å². The van der Waals surface area contributed by atoms with Crippen LogP contribution in [0.5, 0.6) is 0 Å². The predicted octanol–water partition coefficient (Wildman–Crippen LogP) is 0.751. The lowest BCUT2D eigenvalue weighted by atomic mass is 10.0. The number of rotatable bonds is 4. The molecule has 0 aromatic carbocycles. The number of nitrogens with zero attached hydrogens (tertiary/aromatic N) is 1. The summed E-state index contributed by atoms with van der Waals surface area (Å²) in [6.45, 7) is 6.31. The van der Waals surface area contributed by atoms with E-state index in [0.29, 0.717) is 13.0 Å². The van der Waals surface area contributed by atoms with Crippen LogP contribution in [0.1, 0.15) is 33.1 Å². The second kappa shape index (κ2) is 6.08. The van der Waals surface area contributed by atoms with Gasteiger partial charge in [-0.2, -0.15) is 0 Å². The maximum Gasteiger partial charge on any atom is 0.307 e. The molecule has 0 amide bonds. The first-order valence-corrected chi connectivity index (χ1v) is 5.78. The fraction of sp³-hybridized carbons (Fsp3) is 0.909. The van der Waals surface area contributed by atoms with Gasteiger partial charge in [0.1, 0.15) is 0 Å². The summed E-state index contributed by atoms with van der Waals surface area (Å²) >= 11 is 0. The Kier molecular flexibility index (Phi) is 5.05. The number of carbonyl (C=O) groups excluding carboxylic acids is 1. The third kappa shape index (κ3) is 4.18. The molecule has 0 aromatic heterocycles. The van der Waals surface area contributed by atoms with Gasteiger partial charge in [-0.25, -0.2) is 0 Å². The Bertz CT molecular complexity index is 209. The molecule has 1 saturated heterocycles. The van der Waals surface area contributed by atoms with Gasteiger partial charge in [-0.1, -0.05) is 0 Å². The molecule has 1 heterocycles. The summed E-state index contributed by atoms with van der Waals surface area (Å²) in [6, 6.07) is 0.513. The molecule has 4 heteroatoms. The van der Waals surface area contributed by atoms with E-state index in [0.717, 1.165) is 25.9 Å². The molecule has 0 bridgehead atoms. The molecule has 88 valence electrons. The fourth-order valence-corrected chi connectivity index (χ4v) is 2.03.